The van der Waals surface area contributed by atoms with E-state index in [0.29, 0.717) is 0 Å². The predicted molar refractivity (Wildman–Crippen MR) is 64.2 cm³/mol. The lowest BCUT2D eigenvalue weighted by Crippen LogP contribution is -2.20. The van der Waals surface area contributed by atoms with E-state index in [0.717, 1.165) is 38.2 Å². The second-order valence-corrected chi connectivity index (χ2v) is 4.49. The van der Waals surface area contributed by atoms with Crippen molar-refractivity contribution in [2.24, 2.45) is 0 Å². The van der Waals surface area contributed by atoms with E-state index >= 15 is 0 Å². The minimum absolute atomic E-state index is 0.0930. The molecule has 5 heteroatoms. The topological polar surface area (TPSA) is 87.0 Å². The molecule has 0 heterocycles. The molecule has 0 saturated heterocycles. The summed E-state index contributed by atoms with van der Waals surface area (Å²) in [6, 6.07) is 2.38. The maximum Gasteiger partial charge on any atom is 0.339 e. The molecule has 98 valence electrons. The first-order chi connectivity index (χ1) is 8.59. The van der Waals surface area contributed by atoms with Gasteiger partial charge in [-0.1, -0.05) is 6.42 Å². The quantitative estimate of drug-likeness (QED) is 0.719. The molecule has 1 aromatic rings. The summed E-state index contributed by atoms with van der Waals surface area (Å²) in [5.41, 5.74) is -0.129. The third-order valence-corrected chi connectivity index (χ3v) is 3.18. The fourth-order valence-corrected chi connectivity index (χ4v) is 2.20. The van der Waals surface area contributed by atoms with Crippen molar-refractivity contribution in [1.82, 2.24) is 0 Å². The molecule has 0 amide bonds. The molecule has 0 unspecified atom stereocenters. The predicted octanol–water partition coefficient (Wildman–Crippen LogP) is 2.51. The molecule has 5 nitrogen and oxygen atoms in total. The van der Waals surface area contributed by atoms with E-state index < -0.39 is 11.7 Å². The lowest BCUT2D eigenvalue weighted by atomic mass is 9.97. The average molecular weight is 252 g/mol. The highest BCUT2D eigenvalue weighted by Gasteiger charge is 2.23. The van der Waals surface area contributed by atoms with Crippen LogP contribution in [0.2, 0.25) is 0 Å². The fraction of sp³-hybridized carbons (Fsp3) is 0.462. The zero-order valence-corrected chi connectivity index (χ0v) is 9.93. The van der Waals surface area contributed by atoms with Crippen LogP contribution in [0.3, 0.4) is 0 Å². The normalized spacial score (nSPS) is 16.4. The second-order valence-electron chi connectivity index (χ2n) is 4.49. The number of carboxylic acids is 1. The maximum absolute atomic E-state index is 11.1. The third kappa shape index (κ3) is 2.50. The van der Waals surface area contributed by atoms with E-state index in [1.807, 2.05) is 0 Å². The van der Waals surface area contributed by atoms with E-state index in [1.54, 1.807) is 0 Å². The Morgan fingerprint density at radius 2 is 1.83 bits per heavy atom. The first-order valence-electron chi connectivity index (χ1n) is 6.04. The second kappa shape index (κ2) is 5.16. The van der Waals surface area contributed by atoms with Crippen LogP contribution in [-0.2, 0) is 0 Å². The van der Waals surface area contributed by atoms with E-state index in [4.69, 9.17) is 9.84 Å². The summed E-state index contributed by atoms with van der Waals surface area (Å²) in [4.78, 5) is 11.1. The van der Waals surface area contributed by atoms with Crippen molar-refractivity contribution in [1.29, 1.82) is 0 Å². The Bertz CT molecular complexity index is 449. The molecule has 18 heavy (non-hydrogen) atoms. The van der Waals surface area contributed by atoms with E-state index in [2.05, 4.69) is 0 Å². The Labute approximate surface area is 105 Å². The van der Waals surface area contributed by atoms with Crippen LogP contribution in [-0.4, -0.2) is 27.4 Å². The fourth-order valence-electron chi connectivity index (χ4n) is 2.20. The molecular formula is C13H16O5. The number of rotatable bonds is 3. The first kappa shape index (κ1) is 12.5. The Balaban J connectivity index is 2.29. The monoisotopic (exact) mass is 252 g/mol. The van der Waals surface area contributed by atoms with Gasteiger partial charge in [-0.05, 0) is 37.8 Å². The number of hydrogen-bond donors (Lipinski definition) is 3. The molecule has 1 saturated carbocycles. The number of benzene rings is 1. The Kier molecular flexibility index (Phi) is 3.60. The van der Waals surface area contributed by atoms with Crippen molar-refractivity contribution in [3.8, 4) is 17.2 Å². The molecule has 3 N–H and O–H groups in total. The summed E-state index contributed by atoms with van der Waals surface area (Å²) in [7, 11) is 0. The number of carboxylic acid groups (broad SMARTS) is 1. The molecule has 0 bridgehead atoms. The summed E-state index contributed by atoms with van der Waals surface area (Å²) in [6.45, 7) is 0. The van der Waals surface area contributed by atoms with Crippen molar-refractivity contribution in [3.63, 3.8) is 0 Å². The van der Waals surface area contributed by atoms with Crippen LogP contribution in [0.1, 0.15) is 42.5 Å². The number of carbonyl (C=O) groups is 1. The molecule has 1 aliphatic carbocycles. The van der Waals surface area contributed by atoms with Gasteiger partial charge >= 0.3 is 5.97 Å². The lowest BCUT2D eigenvalue weighted by molar-refractivity contribution is 0.0684. The molecule has 1 aromatic carbocycles. The number of phenols is 2. The largest absolute Gasteiger partial charge is 0.504 e. The molecule has 0 radical (unpaired) electrons. The van der Waals surface area contributed by atoms with Gasteiger partial charge in [0.25, 0.3) is 0 Å². The Morgan fingerprint density at radius 3 is 2.44 bits per heavy atom. The van der Waals surface area contributed by atoms with Gasteiger partial charge in [-0.2, -0.15) is 0 Å². The summed E-state index contributed by atoms with van der Waals surface area (Å²) in [5, 5.41) is 28.2. The van der Waals surface area contributed by atoms with Gasteiger partial charge in [-0.3, -0.25) is 0 Å². The van der Waals surface area contributed by atoms with Crippen molar-refractivity contribution >= 4 is 5.97 Å². The molecule has 1 fully saturated rings. The van der Waals surface area contributed by atoms with Gasteiger partial charge in [-0.15, -0.1) is 0 Å². The van der Waals surface area contributed by atoms with Crippen molar-refractivity contribution in [2.45, 2.75) is 38.2 Å². The number of phenolic OH excluding ortho intramolecular Hbond substituents is 2. The van der Waals surface area contributed by atoms with Crippen molar-refractivity contribution in [3.05, 3.63) is 17.7 Å². The van der Waals surface area contributed by atoms with Gasteiger partial charge < -0.3 is 20.1 Å². The van der Waals surface area contributed by atoms with Crippen LogP contribution in [0.5, 0.6) is 17.2 Å². The summed E-state index contributed by atoms with van der Waals surface area (Å²) in [6.07, 6.45) is 4.81. The van der Waals surface area contributed by atoms with Gasteiger partial charge in [0.15, 0.2) is 11.5 Å². The average Bonchev–Trinajstić information content (AvgIpc) is 2.36. The molecule has 0 atom stereocenters. The molecule has 2 rings (SSSR count). The molecule has 1 aliphatic rings. The van der Waals surface area contributed by atoms with Crippen LogP contribution in [0, 0.1) is 0 Å². The Morgan fingerprint density at radius 1 is 1.17 bits per heavy atom. The number of ether oxygens (including phenoxy) is 1. The van der Waals surface area contributed by atoms with Crippen LogP contribution in [0.25, 0.3) is 0 Å². The van der Waals surface area contributed by atoms with Crippen LogP contribution < -0.4 is 4.74 Å². The zero-order chi connectivity index (χ0) is 13.1. The standard InChI is InChI=1S/C13H16O5/c14-10-7-6-9(13(16)17)12(11(10)15)18-8-4-2-1-3-5-8/h6-8,14-15H,1-5H2,(H,16,17). The van der Waals surface area contributed by atoms with Gasteiger partial charge in [-0.25, -0.2) is 4.79 Å². The lowest BCUT2D eigenvalue weighted by Gasteiger charge is -2.24. The minimum Gasteiger partial charge on any atom is -0.504 e. The van der Waals surface area contributed by atoms with Gasteiger partial charge in [0, 0.05) is 0 Å². The van der Waals surface area contributed by atoms with Gasteiger partial charge in [0.1, 0.15) is 5.56 Å². The van der Waals surface area contributed by atoms with Crippen molar-refractivity contribution in [2.75, 3.05) is 0 Å². The highest BCUT2D eigenvalue weighted by molar-refractivity contribution is 5.92. The van der Waals surface area contributed by atoms with Crippen LogP contribution in [0.4, 0.5) is 0 Å². The van der Waals surface area contributed by atoms with E-state index in [1.165, 1.54) is 6.07 Å². The molecule has 0 spiro atoms. The number of hydrogen-bond acceptors (Lipinski definition) is 4. The van der Waals surface area contributed by atoms with E-state index in [-0.39, 0.29) is 23.2 Å². The summed E-state index contributed by atoms with van der Waals surface area (Å²) in [5.74, 6) is -2.18. The number of aromatic hydroxyl groups is 2. The summed E-state index contributed by atoms with van der Waals surface area (Å²) >= 11 is 0. The highest BCUT2D eigenvalue weighted by atomic mass is 16.5. The van der Waals surface area contributed by atoms with Crippen molar-refractivity contribution < 1.29 is 24.9 Å². The number of aromatic carboxylic acids is 1. The molecule has 0 aromatic heterocycles. The van der Waals surface area contributed by atoms with Gasteiger partial charge in [0.05, 0.1) is 6.10 Å². The van der Waals surface area contributed by atoms with Crippen LogP contribution in [0.15, 0.2) is 12.1 Å². The highest BCUT2D eigenvalue weighted by Crippen LogP contribution is 2.40. The summed E-state index contributed by atoms with van der Waals surface area (Å²) < 4.78 is 5.57. The minimum atomic E-state index is -1.18. The van der Waals surface area contributed by atoms with E-state index in [9.17, 15) is 15.0 Å². The first-order valence-corrected chi connectivity index (χ1v) is 6.04. The molecule has 0 aliphatic heterocycles. The third-order valence-electron chi connectivity index (χ3n) is 3.18. The molecular weight excluding hydrogens is 236 g/mol. The van der Waals surface area contributed by atoms with Gasteiger partial charge in [0.2, 0.25) is 5.75 Å². The SMILES string of the molecule is O=C(O)c1ccc(O)c(O)c1OC1CCCCC1. The zero-order valence-electron chi connectivity index (χ0n) is 9.93. The maximum atomic E-state index is 11.1. The smallest absolute Gasteiger partial charge is 0.339 e. The Hall–Kier alpha value is -1.91. The van der Waals surface area contributed by atoms with Crippen LogP contribution >= 0.6 is 0 Å².